The van der Waals surface area contributed by atoms with E-state index in [1.54, 1.807) is 0 Å². The fourth-order valence-electron chi connectivity index (χ4n) is 8.34. The molecule has 2 heterocycles. The number of allylic oxidation sites excluding steroid dienone is 5. The smallest absolute Gasteiger partial charge is 0.0712 e. The number of aryl methyl sites for hydroxylation is 2. The van der Waals surface area contributed by atoms with E-state index in [1.165, 1.54) is 84.9 Å². The summed E-state index contributed by atoms with van der Waals surface area (Å²) in [7, 11) is 0. The Kier molecular flexibility index (Phi) is 13.0. The van der Waals surface area contributed by atoms with E-state index in [4.69, 9.17) is 4.99 Å². The molecule has 1 aliphatic carbocycles. The van der Waals surface area contributed by atoms with Crippen molar-refractivity contribution in [2.75, 3.05) is 0 Å². The quantitative estimate of drug-likeness (QED) is 0.142. The van der Waals surface area contributed by atoms with Gasteiger partial charge in [-0.15, -0.1) is 22.7 Å². The monoisotopic (exact) mass is 839 g/mol. The molecule has 0 bridgehead atoms. The predicted octanol–water partition coefficient (Wildman–Crippen LogP) is 18.0. The second-order valence-corrected chi connectivity index (χ2v) is 18.0. The number of thiophene rings is 2. The summed E-state index contributed by atoms with van der Waals surface area (Å²) < 4.78 is 5.37. The zero-order valence-electron chi connectivity index (χ0n) is 36.6. The zero-order valence-corrected chi connectivity index (χ0v) is 38.2. The Morgan fingerprint density at radius 3 is 2.03 bits per heavy atom. The highest BCUT2D eigenvalue weighted by Crippen LogP contribution is 2.40. The maximum atomic E-state index is 5.16. The van der Waals surface area contributed by atoms with E-state index >= 15 is 0 Å². The van der Waals surface area contributed by atoms with E-state index in [0.29, 0.717) is 5.92 Å². The van der Waals surface area contributed by atoms with Crippen LogP contribution in [0.1, 0.15) is 56.4 Å². The molecular weight excluding hydrogens is 787 g/mol. The van der Waals surface area contributed by atoms with Gasteiger partial charge in [0.05, 0.1) is 11.4 Å². The number of rotatable bonds is 7. The Morgan fingerprint density at radius 2 is 1.26 bits per heavy atom. The molecule has 0 aliphatic heterocycles. The number of nitrogens with zero attached hydrogens (tertiary/aromatic N) is 1. The molecule has 0 amide bonds. The number of benzene rings is 7. The first-order chi connectivity index (χ1) is 30.3. The number of hydrogen-bond acceptors (Lipinski definition) is 3. The van der Waals surface area contributed by atoms with Gasteiger partial charge in [0, 0.05) is 45.9 Å². The average Bonchev–Trinajstić information content (AvgIpc) is 3.88. The standard InChI is InChI=1S/C37H31NS.C20H16S.C2H6/c1-25-12-9-15-29(22-25)27(3)38-34(31-17-10-16-30(24-31)28-13-5-4-6-14-28)23-26(2)32-19-11-21-36-37(32)33-18-7-8-20-35(33)39-36;1-13-7-3-4-8-15(13)17-12-18-16-9-5-6-10-19(16)21-20(18)11-14(17)2;1-2/h4-11,13-25H,3,12H2,1-2H3;3-12H,1-2H3;1-2H3/b26-23+,38-34?;;. The van der Waals surface area contributed by atoms with Crippen molar-refractivity contribution >= 4 is 74.3 Å². The molecule has 1 atom stereocenters. The molecule has 62 heavy (non-hydrogen) atoms. The summed E-state index contributed by atoms with van der Waals surface area (Å²) >= 11 is 3.73. The van der Waals surface area contributed by atoms with Gasteiger partial charge in [0.2, 0.25) is 0 Å². The van der Waals surface area contributed by atoms with Crippen LogP contribution in [0.3, 0.4) is 0 Å². The third-order valence-corrected chi connectivity index (χ3v) is 13.7. The Labute approximate surface area is 375 Å². The maximum Gasteiger partial charge on any atom is 0.0712 e. The van der Waals surface area contributed by atoms with Crippen LogP contribution >= 0.6 is 22.7 Å². The normalized spacial score (nSPS) is 14.0. The fourth-order valence-corrected chi connectivity index (χ4v) is 10.7. The summed E-state index contributed by atoms with van der Waals surface area (Å²) in [6.07, 6.45) is 9.94. The van der Waals surface area contributed by atoms with Crippen molar-refractivity contribution < 1.29 is 0 Å². The van der Waals surface area contributed by atoms with Gasteiger partial charge < -0.3 is 0 Å². The minimum Gasteiger partial charge on any atom is -0.248 e. The van der Waals surface area contributed by atoms with Crippen LogP contribution < -0.4 is 0 Å². The molecular formula is C59H53NS2. The van der Waals surface area contributed by atoms with Crippen LogP contribution in [0, 0.1) is 19.8 Å². The van der Waals surface area contributed by atoms with Gasteiger partial charge in [0.1, 0.15) is 0 Å². The second kappa shape index (κ2) is 19.1. The summed E-state index contributed by atoms with van der Waals surface area (Å²) in [5.74, 6) is 0.489. The SMILES string of the molecule is C=C(N=C(/C=C(\C)c1cccc2sc3ccccc3c12)c1cccc(-c2ccccc2)c1)C1=CC(C)CC=C1.CC.Cc1ccccc1-c1cc2c(cc1C)sc1ccccc12. The number of hydrogen-bond donors (Lipinski definition) is 0. The van der Waals surface area contributed by atoms with E-state index in [-0.39, 0.29) is 0 Å². The minimum atomic E-state index is 0.489. The molecule has 0 N–H and O–H groups in total. The topological polar surface area (TPSA) is 12.4 Å². The van der Waals surface area contributed by atoms with Gasteiger partial charge >= 0.3 is 0 Å². The van der Waals surface area contributed by atoms with Crippen molar-refractivity contribution in [1.82, 2.24) is 0 Å². The number of fused-ring (bicyclic) bond motifs is 6. The van der Waals surface area contributed by atoms with Gasteiger partial charge in [0.25, 0.3) is 0 Å². The largest absolute Gasteiger partial charge is 0.248 e. The van der Waals surface area contributed by atoms with Gasteiger partial charge in [-0.05, 0) is 126 Å². The first kappa shape index (κ1) is 42.3. The highest BCUT2D eigenvalue weighted by atomic mass is 32.1. The lowest BCUT2D eigenvalue weighted by Gasteiger charge is -2.14. The van der Waals surface area contributed by atoms with Crippen LogP contribution in [-0.4, -0.2) is 5.71 Å². The summed E-state index contributed by atoms with van der Waals surface area (Å²) in [6, 6.07) is 56.5. The Morgan fingerprint density at radius 1 is 0.613 bits per heavy atom. The molecule has 10 rings (SSSR count). The van der Waals surface area contributed by atoms with E-state index in [1.807, 2.05) is 36.5 Å². The van der Waals surface area contributed by atoms with Gasteiger partial charge in [-0.2, -0.15) is 0 Å². The minimum absolute atomic E-state index is 0.489. The van der Waals surface area contributed by atoms with Gasteiger partial charge in [0.15, 0.2) is 0 Å². The van der Waals surface area contributed by atoms with E-state index in [0.717, 1.165) is 29.0 Å². The lowest BCUT2D eigenvalue weighted by atomic mass is 9.95. The van der Waals surface area contributed by atoms with Crippen LogP contribution in [0.15, 0.2) is 205 Å². The molecule has 3 heteroatoms. The lowest BCUT2D eigenvalue weighted by molar-refractivity contribution is 0.730. The maximum absolute atomic E-state index is 5.16. The molecule has 2 aromatic heterocycles. The summed E-state index contributed by atoms with van der Waals surface area (Å²) in [6.45, 7) is 17.2. The van der Waals surface area contributed by atoms with Gasteiger partial charge in [-0.25, -0.2) is 4.99 Å². The Bertz CT molecular complexity index is 3180. The third-order valence-electron chi connectivity index (χ3n) is 11.5. The first-order valence-corrected chi connectivity index (χ1v) is 23.3. The zero-order chi connectivity index (χ0) is 43.2. The van der Waals surface area contributed by atoms with Crippen LogP contribution in [0.5, 0.6) is 0 Å². The average molecular weight is 840 g/mol. The van der Waals surface area contributed by atoms with E-state index < -0.39 is 0 Å². The predicted molar refractivity (Wildman–Crippen MR) is 277 cm³/mol. The van der Waals surface area contributed by atoms with Crippen molar-refractivity contribution in [2.45, 2.75) is 48.0 Å². The molecule has 1 unspecified atom stereocenters. The molecule has 1 aliphatic rings. The second-order valence-electron chi connectivity index (χ2n) is 15.8. The number of aliphatic imine (C=N–C) groups is 1. The summed E-state index contributed by atoms with van der Waals surface area (Å²) in [5.41, 5.74) is 14.1. The molecule has 1 nitrogen and oxygen atoms in total. The van der Waals surface area contributed by atoms with Crippen molar-refractivity contribution in [1.29, 1.82) is 0 Å². The highest BCUT2D eigenvalue weighted by Gasteiger charge is 2.14. The van der Waals surface area contributed by atoms with Crippen LogP contribution in [0.2, 0.25) is 0 Å². The van der Waals surface area contributed by atoms with E-state index in [9.17, 15) is 0 Å². The third kappa shape index (κ3) is 8.97. The molecule has 9 aromatic rings. The molecule has 0 radical (unpaired) electrons. The molecule has 0 saturated heterocycles. The lowest BCUT2D eigenvalue weighted by Crippen LogP contribution is -2.02. The molecule has 306 valence electrons. The van der Waals surface area contributed by atoms with Crippen molar-refractivity contribution in [3.8, 4) is 22.3 Å². The highest BCUT2D eigenvalue weighted by molar-refractivity contribution is 7.26. The first-order valence-electron chi connectivity index (χ1n) is 21.7. The Hall–Kier alpha value is -6.39. The Balaban J connectivity index is 0.000000193. The molecule has 7 aromatic carbocycles. The molecule has 0 saturated carbocycles. The van der Waals surface area contributed by atoms with Crippen molar-refractivity contribution in [2.24, 2.45) is 10.9 Å². The molecule has 0 fully saturated rings. The van der Waals surface area contributed by atoms with Gasteiger partial charge in [-0.1, -0.05) is 167 Å². The van der Waals surface area contributed by atoms with Crippen molar-refractivity contribution in [3.05, 3.63) is 222 Å². The summed E-state index contributed by atoms with van der Waals surface area (Å²) in [5, 5.41) is 5.36. The van der Waals surface area contributed by atoms with Crippen LogP contribution in [-0.2, 0) is 0 Å². The van der Waals surface area contributed by atoms with Crippen LogP contribution in [0.25, 0.3) is 68.2 Å². The van der Waals surface area contributed by atoms with Gasteiger partial charge in [-0.3, -0.25) is 0 Å². The van der Waals surface area contributed by atoms with Crippen LogP contribution in [0.4, 0.5) is 0 Å². The van der Waals surface area contributed by atoms with E-state index in [2.05, 4.69) is 216 Å². The fraction of sp³-hybridized carbons (Fsp3) is 0.136. The summed E-state index contributed by atoms with van der Waals surface area (Å²) in [4.78, 5) is 5.16. The molecule has 0 spiro atoms. The van der Waals surface area contributed by atoms with Crippen molar-refractivity contribution in [3.63, 3.8) is 0 Å².